The third kappa shape index (κ3) is 4.43. The molecule has 1 amide bonds. The maximum atomic E-state index is 12.5. The van der Waals surface area contributed by atoms with Crippen molar-refractivity contribution in [2.24, 2.45) is 0 Å². The third-order valence-corrected chi connectivity index (χ3v) is 5.06. The van der Waals surface area contributed by atoms with Crippen LogP contribution in [0.25, 0.3) is 0 Å². The molecule has 22 heavy (non-hydrogen) atoms. The number of hydrogen-bond donors (Lipinski definition) is 2. The van der Waals surface area contributed by atoms with Gasteiger partial charge in [0, 0.05) is 13.0 Å². The minimum atomic E-state index is -4.01. The molecule has 0 radical (unpaired) electrons. The number of halogens is 1. The van der Waals surface area contributed by atoms with Crippen molar-refractivity contribution in [3.63, 3.8) is 0 Å². The number of carboxylic acid groups (broad SMARTS) is 1. The Kier molecular flexibility index (Phi) is 5.92. The van der Waals surface area contributed by atoms with Crippen molar-refractivity contribution in [2.45, 2.75) is 31.7 Å². The van der Waals surface area contributed by atoms with Crippen molar-refractivity contribution in [1.82, 2.24) is 4.31 Å². The highest BCUT2D eigenvalue weighted by atomic mass is 35.5. The van der Waals surface area contributed by atoms with Crippen LogP contribution in [0.4, 0.5) is 5.69 Å². The zero-order valence-electron chi connectivity index (χ0n) is 12.3. The summed E-state index contributed by atoms with van der Waals surface area (Å²) in [5.41, 5.74) is 0.280. The lowest BCUT2D eigenvalue weighted by atomic mass is 10.3. The predicted molar refractivity (Wildman–Crippen MR) is 82.4 cm³/mol. The van der Waals surface area contributed by atoms with Crippen LogP contribution in [-0.4, -0.2) is 42.3 Å². The summed E-state index contributed by atoms with van der Waals surface area (Å²) in [6.45, 7) is 3.81. The second-order valence-corrected chi connectivity index (χ2v) is 7.16. The number of hydrogen-bond acceptors (Lipinski definition) is 4. The summed E-state index contributed by atoms with van der Waals surface area (Å²) in [7, 11) is -4.01. The van der Waals surface area contributed by atoms with Crippen molar-refractivity contribution >= 4 is 39.2 Å². The maximum absolute atomic E-state index is 12.5. The highest BCUT2D eigenvalue weighted by molar-refractivity contribution is 7.89. The Balaban J connectivity index is 3.24. The van der Waals surface area contributed by atoms with Crippen LogP contribution in [0.5, 0.6) is 0 Å². The Morgan fingerprint density at radius 1 is 1.36 bits per heavy atom. The first-order valence-corrected chi connectivity index (χ1v) is 8.18. The molecule has 1 aromatic rings. The van der Waals surface area contributed by atoms with Crippen LogP contribution in [0.1, 0.15) is 20.8 Å². The third-order valence-electron chi connectivity index (χ3n) is 2.72. The van der Waals surface area contributed by atoms with Gasteiger partial charge in [-0.1, -0.05) is 11.6 Å². The lowest BCUT2D eigenvalue weighted by molar-refractivity contribution is -0.137. The molecule has 0 saturated heterocycles. The van der Waals surface area contributed by atoms with Gasteiger partial charge in [0.25, 0.3) is 0 Å². The fourth-order valence-electron chi connectivity index (χ4n) is 1.76. The van der Waals surface area contributed by atoms with Gasteiger partial charge < -0.3 is 10.4 Å². The standard InChI is InChI=1S/C13H17ClN2O5S/c1-8(2)16(7-13(18)19)22(20,21)10-4-5-12(11(14)6-10)15-9(3)17/h4-6,8H,7H2,1-3H3,(H,15,17)(H,18,19). The average Bonchev–Trinajstić information content (AvgIpc) is 2.37. The quantitative estimate of drug-likeness (QED) is 0.815. The second kappa shape index (κ2) is 7.08. The van der Waals surface area contributed by atoms with E-state index in [1.54, 1.807) is 13.8 Å². The van der Waals surface area contributed by atoms with E-state index in [1.165, 1.54) is 25.1 Å². The SMILES string of the molecule is CC(=O)Nc1ccc(S(=O)(=O)N(CC(=O)O)C(C)C)cc1Cl. The normalized spacial score (nSPS) is 11.7. The van der Waals surface area contributed by atoms with Gasteiger partial charge in [-0.2, -0.15) is 4.31 Å². The Hall–Kier alpha value is -1.64. The molecule has 0 aliphatic rings. The Bertz CT molecular complexity index is 688. The van der Waals surface area contributed by atoms with E-state index < -0.39 is 28.6 Å². The number of nitrogens with one attached hydrogen (secondary N) is 1. The first-order chi connectivity index (χ1) is 10.1. The van der Waals surface area contributed by atoms with Gasteiger partial charge in [-0.3, -0.25) is 9.59 Å². The summed E-state index contributed by atoms with van der Waals surface area (Å²) in [6, 6.07) is 3.27. The molecule has 2 N–H and O–H groups in total. The monoisotopic (exact) mass is 348 g/mol. The molecule has 0 aliphatic carbocycles. The molecule has 7 nitrogen and oxygen atoms in total. The molecule has 0 spiro atoms. The van der Waals surface area contributed by atoms with Crippen LogP contribution in [0.3, 0.4) is 0 Å². The number of aliphatic carboxylic acids is 1. The van der Waals surface area contributed by atoms with E-state index in [0.717, 1.165) is 4.31 Å². The summed E-state index contributed by atoms with van der Waals surface area (Å²) in [4.78, 5) is 21.7. The minimum absolute atomic E-state index is 0.0512. The highest BCUT2D eigenvalue weighted by Gasteiger charge is 2.29. The highest BCUT2D eigenvalue weighted by Crippen LogP contribution is 2.27. The molecule has 0 unspecified atom stereocenters. The summed E-state index contributed by atoms with van der Waals surface area (Å²) in [5.74, 6) is -1.59. The largest absolute Gasteiger partial charge is 0.480 e. The smallest absolute Gasteiger partial charge is 0.318 e. The number of benzene rings is 1. The Morgan fingerprint density at radius 3 is 2.36 bits per heavy atom. The van der Waals surface area contributed by atoms with Gasteiger partial charge in [-0.15, -0.1) is 0 Å². The Labute approximate surface area is 133 Å². The number of anilines is 1. The van der Waals surface area contributed by atoms with Crippen molar-refractivity contribution in [2.75, 3.05) is 11.9 Å². The van der Waals surface area contributed by atoms with E-state index in [1.807, 2.05) is 0 Å². The van der Waals surface area contributed by atoms with Crippen LogP contribution in [0.15, 0.2) is 23.1 Å². The molecule has 9 heteroatoms. The Morgan fingerprint density at radius 2 is 1.95 bits per heavy atom. The topological polar surface area (TPSA) is 104 Å². The first kappa shape index (κ1) is 18.4. The van der Waals surface area contributed by atoms with Crippen LogP contribution in [-0.2, 0) is 19.6 Å². The molecular weight excluding hydrogens is 332 g/mol. The van der Waals surface area contributed by atoms with Crippen LogP contribution in [0.2, 0.25) is 5.02 Å². The number of rotatable bonds is 6. The number of amides is 1. The second-order valence-electron chi connectivity index (χ2n) is 4.86. The van der Waals surface area contributed by atoms with Crippen LogP contribution in [0, 0.1) is 0 Å². The molecule has 0 bridgehead atoms. The molecule has 0 aliphatic heterocycles. The van der Waals surface area contributed by atoms with Gasteiger partial charge in [-0.25, -0.2) is 8.42 Å². The molecular formula is C13H17ClN2O5S. The fraction of sp³-hybridized carbons (Fsp3) is 0.385. The summed E-state index contributed by atoms with van der Waals surface area (Å²) < 4.78 is 25.9. The van der Waals surface area contributed by atoms with Crippen molar-refractivity contribution in [3.8, 4) is 0 Å². The van der Waals surface area contributed by atoms with Gasteiger partial charge in [0.1, 0.15) is 6.54 Å². The predicted octanol–water partition coefficient (Wildman–Crippen LogP) is 1.78. The van der Waals surface area contributed by atoms with E-state index >= 15 is 0 Å². The zero-order valence-corrected chi connectivity index (χ0v) is 13.9. The zero-order chi connectivity index (χ0) is 17.1. The number of carboxylic acids is 1. The summed E-state index contributed by atoms with van der Waals surface area (Å²) >= 11 is 5.96. The summed E-state index contributed by atoms with van der Waals surface area (Å²) in [5, 5.41) is 11.4. The summed E-state index contributed by atoms with van der Waals surface area (Å²) in [6.07, 6.45) is 0. The fourth-order valence-corrected chi connectivity index (χ4v) is 3.67. The molecule has 0 saturated carbocycles. The van der Waals surface area contributed by atoms with Crippen LogP contribution < -0.4 is 5.32 Å². The van der Waals surface area contributed by atoms with Crippen molar-refractivity contribution in [1.29, 1.82) is 0 Å². The van der Waals surface area contributed by atoms with Crippen molar-refractivity contribution < 1.29 is 23.1 Å². The van der Waals surface area contributed by atoms with Crippen molar-refractivity contribution in [3.05, 3.63) is 23.2 Å². The van der Waals surface area contributed by atoms with Gasteiger partial charge in [-0.05, 0) is 32.0 Å². The lowest BCUT2D eigenvalue weighted by Gasteiger charge is -2.24. The minimum Gasteiger partial charge on any atom is -0.480 e. The van der Waals surface area contributed by atoms with Gasteiger partial charge in [0.2, 0.25) is 15.9 Å². The average molecular weight is 349 g/mol. The van der Waals surface area contributed by atoms with E-state index in [2.05, 4.69) is 5.32 Å². The van der Waals surface area contributed by atoms with E-state index in [4.69, 9.17) is 16.7 Å². The van der Waals surface area contributed by atoms with Gasteiger partial charge in [0.15, 0.2) is 0 Å². The molecule has 122 valence electrons. The number of nitrogens with zero attached hydrogens (tertiary/aromatic N) is 1. The number of carbonyl (C=O) groups excluding carboxylic acids is 1. The molecule has 1 aromatic carbocycles. The number of sulfonamides is 1. The lowest BCUT2D eigenvalue weighted by Crippen LogP contribution is -2.40. The van der Waals surface area contributed by atoms with E-state index in [-0.39, 0.29) is 21.5 Å². The number of carbonyl (C=O) groups is 2. The molecule has 1 rings (SSSR count). The molecule has 0 aromatic heterocycles. The van der Waals surface area contributed by atoms with E-state index in [9.17, 15) is 18.0 Å². The van der Waals surface area contributed by atoms with E-state index in [0.29, 0.717) is 0 Å². The molecule has 0 heterocycles. The first-order valence-electron chi connectivity index (χ1n) is 6.36. The molecule has 0 atom stereocenters. The van der Waals surface area contributed by atoms with Gasteiger partial charge in [0.05, 0.1) is 15.6 Å². The van der Waals surface area contributed by atoms with Gasteiger partial charge >= 0.3 is 5.97 Å². The van der Waals surface area contributed by atoms with Crippen LogP contribution >= 0.6 is 11.6 Å². The molecule has 0 fully saturated rings. The maximum Gasteiger partial charge on any atom is 0.318 e.